The van der Waals surface area contributed by atoms with Gasteiger partial charge in [-0.25, -0.2) is 13.1 Å². The van der Waals surface area contributed by atoms with Gasteiger partial charge in [0.2, 0.25) is 0 Å². The molecule has 7 nitrogen and oxygen atoms in total. The molecule has 2 rings (SSSR count). The van der Waals surface area contributed by atoms with Crippen molar-refractivity contribution in [3.8, 4) is 0 Å². The SMILES string of the molecule is CCn1nc(N2CCC(CO)CC2)c(S(C)(=O)=O)c1N. The third-order valence-corrected chi connectivity index (χ3v) is 4.91. The summed E-state index contributed by atoms with van der Waals surface area (Å²) in [5.74, 6) is 0.941. The minimum Gasteiger partial charge on any atom is -0.396 e. The molecule has 1 aromatic rings. The molecule has 0 aromatic carbocycles. The molecule has 1 fully saturated rings. The quantitative estimate of drug-likeness (QED) is 0.818. The molecule has 0 amide bonds. The molecule has 0 radical (unpaired) electrons. The first-order valence-electron chi connectivity index (χ1n) is 6.80. The Morgan fingerprint density at radius 1 is 1.40 bits per heavy atom. The molecule has 1 aliphatic heterocycles. The van der Waals surface area contributed by atoms with Gasteiger partial charge >= 0.3 is 0 Å². The Hall–Kier alpha value is -1.28. The number of rotatable bonds is 4. The third-order valence-electron chi connectivity index (χ3n) is 3.77. The van der Waals surface area contributed by atoms with Gasteiger partial charge in [0.1, 0.15) is 5.82 Å². The van der Waals surface area contributed by atoms with Gasteiger partial charge in [-0.3, -0.25) is 0 Å². The number of anilines is 2. The van der Waals surface area contributed by atoms with Crippen LogP contribution in [0.25, 0.3) is 0 Å². The second-order valence-corrected chi connectivity index (χ2v) is 7.19. The molecule has 2 heterocycles. The van der Waals surface area contributed by atoms with Crippen molar-refractivity contribution in [2.45, 2.75) is 31.2 Å². The first kappa shape index (κ1) is 15.1. The summed E-state index contributed by atoms with van der Waals surface area (Å²) in [6.07, 6.45) is 2.82. The lowest BCUT2D eigenvalue weighted by molar-refractivity contribution is 0.202. The largest absolute Gasteiger partial charge is 0.396 e. The minimum absolute atomic E-state index is 0.127. The number of sulfone groups is 1. The van der Waals surface area contributed by atoms with Crippen LogP contribution in [0.15, 0.2) is 4.90 Å². The Morgan fingerprint density at radius 3 is 2.45 bits per heavy atom. The first-order chi connectivity index (χ1) is 9.38. The standard InChI is InChI=1S/C12H22N4O3S/c1-3-16-11(13)10(20(2,18)19)12(14-16)15-6-4-9(8-17)5-7-15/h9,17H,3-8,13H2,1-2H3. The van der Waals surface area contributed by atoms with E-state index in [2.05, 4.69) is 5.10 Å². The molecule has 1 saturated heterocycles. The van der Waals surface area contributed by atoms with Crippen molar-refractivity contribution >= 4 is 21.5 Å². The van der Waals surface area contributed by atoms with Crippen LogP contribution >= 0.6 is 0 Å². The number of nitrogen functional groups attached to an aromatic ring is 1. The van der Waals surface area contributed by atoms with Crippen LogP contribution < -0.4 is 10.6 Å². The maximum Gasteiger partial charge on any atom is 0.182 e. The molecule has 1 aromatic heterocycles. The van der Waals surface area contributed by atoms with Crippen molar-refractivity contribution in [1.82, 2.24) is 9.78 Å². The van der Waals surface area contributed by atoms with E-state index in [-0.39, 0.29) is 17.3 Å². The van der Waals surface area contributed by atoms with Crippen molar-refractivity contribution < 1.29 is 13.5 Å². The number of aliphatic hydroxyl groups excluding tert-OH is 1. The number of hydrogen-bond donors (Lipinski definition) is 2. The lowest BCUT2D eigenvalue weighted by Crippen LogP contribution is -2.35. The van der Waals surface area contributed by atoms with Gasteiger partial charge in [0.05, 0.1) is 0 Å². The minimum atomic E-state index is -3.42. The van der Waals surface area contributed by atoms with E-state index in [0.717, 1.165) is 19.1 Å². The summed E-state index contributed by atoms with van der Waals surface area (Å²) in [6.45, 7) is 3.96. The molecule has 0 bridgehead atoms. The van der Waals surface area contributed by atoms with E-state index in [1.807, 2.05) is 11.8 Å². The van der Waals surface area contributed by atoms with Gasteiger partial charge in [-0.15, -0.1) is 0 Å². The number of aromatic nitrogens is 2. The maximum atomic E-state index is 12.0. The number of aliphatic hydroxyl groups is 1. The van der Waals surface area contributed by atoms with E-state index in [1.165, 1.54) is 4.68 Å². The topological polar surface area (TPSA) is 101 Å². The molecule has 114 valence electrons. The van der Waals surface area contributed by atoms with Crippen molar-refractivity contribution in [2.75, 3.05) is 36.6 Å². The van der Waals surface area contributed by atoms with Gasteiger partial charge in [-0.2, -0.15) is 5.10 Å². The lowest BCUT2D eigenvalue weighted by atomic mass is 9.98. The predicted octanol–water partition coefficient (Wildman–Crippen LogP) is 0.0974. The molecule has 1 aliphatic rings. The van der Waals surface area contributed by atoms with Crippen LogP contribution in [0.3, 0.4) is 0 Å². The Bertz CT molecular complexity index is 574. The molecule has 0 unspecified atom stereocenters. The Balaban J connectivity index is 2.37. The molecule has 20 heavy (non-hydrogen) atoms. The second-order valence-electron chi connectivity index (χ2n) is 5.24. The monoisotopic (exact) mass is 302 g/mol. The van der Waals surface area contributed by atoms with Crippen LogP contribution in [0.4, 0.5) is 11.6 Å². The van der Waals surface area contributed by atoms with E-state index < -0.39 is 9.84 Å². The zero-order valence-corrected chi connectivity index (χ0v) is 12.7. The maximum absolute atomic E-state index is 12.0. The van der Waals surface area contributed by atoms with E-state index in [9.17, 15) is 8.42 Å². The van der Waals surface area contributed by atoms with Crippen molar-refractivity contribution in [3.63, 3.8) is 0 Å². The highest BCUT2D eigenvalue weighted by Crippen LogP contribution is 2.32. The smallest absolute Gasteiger partial charge is 0.182 e. The van der Waals surface area contributed by atoms with E-state index >= 15 is 0 Å². The van der Waals surface area contributed by atoms with Crippen molar-refractivity contribution in [1.29, 1.82) is 0 Å². The van der Waals surface area contributed by atoms with Crippen LogP contribution in [0.2, 0.25) is 0 Å². The van der Waals surface area contributed by atoms with Crippen LogP contribution in [0.1, 0.15) is 19.8 Å². The average molecular weight is 302 g/mol. The van der Waals surface area contributed by atoms with Gasteiger partial charge in [0.15, 0.2) is 20.6 Å². The van der Waals surface area contributed by atoms with Gasteiger partial charge in [0, 0.05) is 32.5 Å². The van der Waals surface area contributed by atoms with Crippen LogP contribution in [0, 0.1) is 5.92 Å². The summed E-state index contributed by atoms with van der Waals surface area (Å²) >= 11 is 0. The number of piperidine rings is 1. The molecule has 8 heteroatoms. The first-order valence-corrected chi connectivity index (χ1v) is 8.69. The van der Waals surface area contributed by atoms with Gasteiger partial charge in [-0.05, 0) is 25.7 Å². The third kappa shape index (κ3) is 2.76. The second kappa shape index (κ2) is 5.61. The van der Waals surface area contributed by atoms with E-state index in [0.29, 0.717) is 31.4 Å². The summed E-state index contributed by atoms with van der Waals surface area (Å²) in [4.78, 5) is 2.08. The molecular weight excluding hydrogens is 280 g/mol. The van der Waals surface area contributed by atoms with Gasteiger partial charge in [-0.1, -0.05) is 0 Å². The highest BCUT2D eigenvalue weighted by atomic mass is 32.2. The zero-order chi connectivity index (χ0) is 14.9. The van der Waals surface area contributed by atoms with Crippen LogP contribution in [-0.2, 0) is 16.4 Å². The van der Waals surface area contributed by atoms with Gasteiger partial charge in [0.25, 0.3) is 0 Å². The van der Waals surface area contributed by atoms with Crippen molar-refractivity contribution in [3.05, 3.63) is 0 Å². The normalized spacial score (nSPS) is 17.6. The van der Waals surface area contributed by atoms with Crippen LogP contribution in [0.5, 0.6) is 0 Å². The van der Waals surface area contributed by atoms with Gasteiger partial charge < -0.3 is 15.7 Å². The zero-order valence-electron chi connectivity index (χ0n) is 11.9. The fraction of sp³-hybridized carbons (Fsp3) is 0.750. The fourth-order valence-electron chi connectivity index (χ4n) is 2.58. The average Bonchev–Trinajstić information content (AvgIpc) is 2.75. The van der Waals surface area contributed by atoms with E-state index in [4.69, 9.17) is 10.8 Å². The lowest BCUT2D eigenvalue weighted by Gasteiger charge is -2.31. The van der Waals surface area contributed by atoms with Crippen LogP contribution in [-0.4, -0.2) is 49.3 Å². The number of aryl methyl sites for hydroxylation is 1. The summed E-state index contributed by atoms with van der Waals surface area (Å²) in [7, 11) is -3.42. The number of nitrogens with zero attached hydrogens (tertiary/aromatic N) is 3. The highest BCUT2D eigenvalue weighted by molar-refractivity contribution is 7.91. The predicted molar refractivity (Wildman–Crippen MR) is 77.4 cm³/mol. The summed E-state index contributed by atoms with van der Waals surface area (Å²) in [6, 6.07) is 0. The summed E-state index contributed by atoms with van der Waals surface area (Å²) < 4.78 is 25.5. The Kier molecular flexibility index (Phi) is 4.24. The number of nitrogens with two attached hydrogens (primary N) is 1. The summed E-state index contributed by atoms with van der Waals surface area (Å²) in [5, 5.41) is 13.5. The highest BCUT2D eigenvalue weighted by Gasteiger charge is 2.29. The summed E-state index contributed by atoms with van der Waals surface area (Å²) in [5.41, 5.74) is 5.92. The molecule has 0 spiro atoms. The molecule has 3 N–H and O–H groups in total. The fourth-order valence-corrected chi connectivity index (χ4v) is 3.56. The Labute approximate surface area is 119 Å². The Morgan fingerprint density at radius 2 is 2.00 bits per heavy atom. The number of hydrogen-bond acceptors (Lipinski definition) is 6. The molecular formula is C12H22N4O3S. The molecule has 0 saturated carbocycles. The van der Waals surface area contributed by atoms with Crippen molar-refractivity contribution in [2.24, 2.45) is 5.92 Å². The van der Waals surface area contributed by atoms with E-state index in [1.54, 1.807) is 0 Å². The molecule has 0 aliphatic carbocycles. The molecule has 0 atom stereocenters.